The molecule has 2 rings (SSSR count). The average Bonchev–Trinajstić information content (AvgIpc) is 2.47. The van der Waals surface area contributed by atoms with Gasteiger partial charge in [0.05, 0.1) is 11.4 Å². The second-order valence-corrected chi connectivity index (χ2v) is 7.41. The van der Waals surface area contributed by atoms with E-state index in [1.54, 1.807) is 9.80 Å². The van der Waals surface area contributed by atoms with E-state index < -0.39 is 15.8 Å². The van der Waals surface area contributed by atoms with Crippen molar-refractivity contribution in [1.82, 2.24) is 14.1 Å². The Hall–Kier alpha value is -1.51. The summed E-state index contributed by atoms with van der Waals surface area (Å²) >= 11 is 0. The van der Waals surface area contributed by atoms with Crippen LogP contribution in [-0.2, 0) is 14.8 Å². The van der Waals surface area contributed by atoms with E-state index in [9.17, 15) is 17.6 Å². The van der Waals surface area contributed by atoms with Gasteiger partial charge in [-0.05, 0) is 38.4 Å². The van der Waals surface area contributed by atoms with E-state index in [0.29, 0.717) is 19.6 Å². The molecule has 0 radical (unpaired) electrons. The highest BCUT2D eigenvalue weighted by molar-refractivity contribution is 7.89. The van der Waals surface area contributed by atoms with Crippen LogP contribution in [0.2, 0.25) is 0 Å². The fourth-order valence-electron chi connectivity index (χ4n) is 2.30. The lowest BCUT2D eigenvalue weighted by Gasteiger charge is -2.34. The summed E-state index contributed by atoms with van der Waals surface area (Å²) in [4.78, 5) is 15.5. The fourth-order valence-corrected chi connectivity index (χ4v) is 3.73. The predicted octanol–water partition coefficient (Wildman–Crippen LogP) is 0.220. The molecular formula is C14H20FN3O3S. The number of rotatable bonds is 4. The van der Waals surface area contributed by atoms with Gasteiger partial charge in [-0.15, -0.1) is 0 Å². The van der Waals surface area contributed by atoms with Gasteiger partial charge in [-0.25, -0.2) is 12.8 Å². The number of hydrogen-bond acceptors (Lipinski definition) is 4. The zero-order chi connectivity index (χ0) is 16.3. The molecule has 0 saturated carbocycles. The second kappa shape index (κ2) is 6.72. The Bertz CT molecular complexity index is 623. The third kappa shape index (κ3) is 3.82. The van der Waals surface area contributed by atoms with Gasteiger partial charge in [0.15, 0.2) is 0 Å². The molecule has 0 unspecified atom stereocenters. The Morgan fingerprint density at radius 1 is 1.14 bits per heavy atom. The molecule has 22 heavy (non-hydrogen) atoms. The van der Waals surface area contributed by atoms with E-state index in [-0.39, 0.29) is 23.9 Å². The van der Waals surface area contributed by atoms with Crippen molar-refractivity contribution < 1.29 is 17.6 Å². The lowest BCUT2D eigenvalue weighted by Crippen LogP contribution is -2.52. The van der Waals surface area contributed by atoms with E-state index in [4.69, 9.17) is 0 Å². The average molecular weight is 329 g/mol. The number of hydrogen-bond donors (Lipinski definition) is 0. The normalized spacial score (nSPS) is 17.0. The number of benzene rings is 1. The number of halogens is 1. The summed E-state index contributed by atoms with van der Waals surface area (Å²) in [7, 11) is -0.00741. The van der Waals surface area contributed by atoms with Gasteiger partial charge in [0, 0.05) is 26.2 Å². The molecule has 0 aromatic heterocycles. The Morgan fingerprint density at radius 2 is 1.68 bits per heavy atom. The van der Waals surface area contributed by atoms with Crippen molar-refractivity contribution in [3.8, 4) is 0 Å². The van der Waals surface area contributed by atoms with Crippen molar-refractivity contribution >= 4 is 15.9 Å². The minimum atomic E-state index is -3.63. The monoisotopic (exact) mass is 329 g/mol. The molecular weight excluding hydrogens is 309 g/mol. The maximum absolute atomic E-state index is 12.9. The maximum atomic E-state index is 12.9. The van der Waals surface area contributed by atoms with Crippen molar-refractivity contribution in [1.29, 1.82) is 0 Å². The lowest BCUT2D eigenvalue weighted by molar-refractivity contribution is -0.133. The van der Waals surface area contributed by atoms with Crippen LogP contribution in [0.4, 0.5) is 4.39 Å². The molecule has 0 spiro atoms. The number of carbonyl (C=O) groups is 1. The van der Waals surface area contributed by atoms with Crippen molar-refractivity contribution in [2.24, 2.45) is 0 Å². The highest BCUT2D eigenvalue weighted by Gasteiger charge is 2.30. The molecule has 1 aromatic carbocycles. The molecule has 0 N–H and O–H groups in total. The molecule has 1 aliphatic rings. The fraction of sp³-hybridized carbons (Fsp3) is 0.500. The topological polar surface area (TPSA) is 60.9 Å². The molecule has 6 nitrogen and oxygen atoms in total. The van der Waals surface area contributed by atoms with Crippen molar-refractivity contribution in [3.63, 3.8) is 0 Å². The van der Waals surface area contributed by atoms with E-state index in [0.717, 1.165) is 12.1 Å². The molecule has 1 aromatic rings. The van der Waals surface area contributed by atoms with Crippen LogP contribution in [0.1, 0.15) is 0 Å². The molecule has 1 heterocycles. The quantitative estimate of drug-likeness (QED) is 0.793. The third-order valence-electron chi connectivity index (χ3n) is 3.49. The summed E-state index contributed by atoms with van der Waals surface area (Å²) in [5.41, 5.74) is 0. The first-order chi connectivity index (χ1) is 10.3. The zero-order valence-corrected chi connectivity index (χ0v) is 13.5. The minimum absolute atomic E-state index is 0.0103. The largest absolute Gasteiger partial charge is 0.339 e. The number of piperazine rings is 1. The van der Waals surface area contributed by atoms with Crippen LogP contribution >= 0.6 is 0 Å². The van der Waals surface area contributed by atoms with E-state index in [1.165, 1.54) is 16.4 Å². The maximum Gasteiger partial charge on any atom is 0.243 e. The molecule has 1 aliphatic heterocycles. The molecule has 1 amide bonds. The zero-order valence-electron chi connectivity index (χ0n) is 12.7. The van der Waals surface area contributed by atoms with Gasteiger partial charge in [-0.3, -0.25) is 4.79 Å². The molecule has 1 saturated heterocycles. The van der Waals surface area contributed by atoms with Crippen LogP contribution in [-0.4, -0.2) is 75.2 Å². The number of sulfonamides is 1. The van der Waals surface area contributed by atoms with Gasteiger partial charge in [-0.2, -0.15) is 4.31 Å². The molecule has 122 valence electrons. The summed E-state index contributed by atoms with van der Waals surface area (Å²) < 4.78 is 39.1. The Morgan fingerprint density at radius 3 is 2.18 bits per heavy atom. The van der Waals surface area contributed by atoms with Crippen LogP contribution in [0, 0.1) is 5.82 Å². The number of likely N-dealkylation sites (N-methyl/N-ethyl adjacent to an activating group) is 1. The van der Waals surface area contributed by atoms with Gasteiger partial charge < -0.3 is 9.80 Å². The molecule has 8 heteroatoms. The number of nitrogens with zero attached hydrogens (tertiary/aromatic N) is 3. The summed E-state index contributed by atoms with van der Waals surface area (Å²) in [6, 6.07) is 4.77. The molecule has 0 bridgehead atoms. The van der Waals surface area contributed by atoms with Gasteiger partial charge in [-0.1, -0.05) is 0 Å². The van der Waals surface area contributed by atoms with Crippen molar-refractivity contribution in [2.75, 3.05) is 46.8 Å². The Balaban J connectivity index is 2.01. The van der Waals surface area contributed by atoms with Crippen molar-refractivity contribution in [3.05, 3.63) is 30.1 Å². The van der Waals surface area contributed by atoms with Gasteiger partial charge in [0.25, 0.3) is 0 Å². The van der Waals surface area contributed by atoms with Gasteiger partial charge >= 0.3 is 0 Å². The van der Waals surface area contributed by atoms with Crippen LogP contribution < -0.4 is 0 Å². The standard InChI is InChI=1S/C14H20FN3O3S/c1-16(2)11-14(19)17-7-9-18(10-8-17)22(20,21)13-5-3-12(15)4-6-13/h3-6H,7-11H2,1-2H3. The molecule has 0 aliphatic carbocycles. The van der Waals surface area contributed by atoms with Crippen LogP contribution in [0.3, 0.4) is 0 Å². The van der Waals surface area contributed by atoms with E-state index in [2.05, 4.69) is 0 Å². The van der Waals surface area contributed by atoms with Crippen LogP contribution in [0.5, 0.6) is 0 Å². The van der Waals surface area contributed by atoms with Crippen LogP contribution in [0.25, 0.3) is 0 Å². The highest BCUT2D eigenvalue weighted by atomic mass is 32.2. The SMILES string of the molecule is CN(C)CC(=O)N1CCN(S(=O)(=O)c2ccc(F)cc2)CC1. The highest BCUT2D eigenvalue weighted by Crippen LogP contribution is 2.18. The smallest absolute Gasteiger partial charge is 0.243 e. The number of carbonyl (C=O) groups excluding carboxylic acids is 1. The minimum Gasteiger partial charge on any atom is -0.339 e. The second-order valence-electron chi connectivity index (χ2n) is 5.48. The van der Waals surface area contributed by atoms with Crippen molar-refractivity contribution in [2.45, 2.75) is 4.90 Å². The number of amides is 1. The predicted molar refractivity (Wildman–Crippen MR) is 80.3 cm³/mol. The molecule has 1 fully saturated rings. The third-order valence-corrected chi connectivity index (χ3v) is 5.41. The van der Waals surface area contributed by atoms with E-state index in [1.807, 2.05) is 14.1 Å². The molecule has 0 atom stereocenters. The Labute approximate surface area is 130 Å². The first-order valence-electron chi connectivity index (χ1n) is 6.99. The Kier molecular flexibility index (Phi) is 5.15. The first-order valence-corrected chi connectivity index (χ1v) is 8.43. The van der Waals surface area contributed by atoms with Gasteiger partial charge in [0.1, 0.15) is 5.82 Å². The van der Waals surface area contributed by atoms with Gasteiger partial charge in [0.2, 0.25) is 15.9 Å². The van der Waals surface area contributed by atoms with Crippen LogP contribution in [0.15, 0.2) is 29.2 Å². The first kappa shape index (κ1) is 16.9. The summed E-state index contributed by atoms with van der Waals surface area (Å²) in [6.07, 6.45) is 0. The summed E-state index contributed by atoms with van der Waals surface area (Å²) in [5, 5.41) is 0. The summed E-state index contributed by atoms with van der Waals surface area (Å²) in [5.74, 6) is -0.484. The lowest BCUT2D eigenvalue weighted by atomic mass is 10.3. The van der Waals surface area contributed by atoms with E-state index >= 15 is 0 Å². The summed E-state index contributed by atoms with van der Waals surface area (Å²) in [6.45, 7) is 1.54.